The molecule has 1 aromatic rings. The lowest BCUT2D eigenvalue weighted by Crippen LogP contribution is -2.36. The van der Waals surface area contributed by atoms with Gasteiger partial charge in [-0.15, -0.1) is 23.2 Å². The van der Waals surface area contributed by atoms with E-state index in [0.29, 0.717) is 0 Å². The summed E-state index contributed by atoms with van der Waals surface area (Å²) in [6, 6.07) is 1.72. The monoisotopic (exact) mass is 424 g/mol. The summed E-state index contributed by atoms with van der Waals surface area (Å²) in [5, 5.41) is 42.9. The summed E-state index contributed by atoms with van der Waals surface area (Å²) < 4.78 is 0. The topological polar surface area (TPSA) is 159 Å². The molecular weight excluding hydrogens is 407 g/mol. The third-order valence-electron chi connectivity index (χ3n) is 3.49. The maximum atomic E-state index is 12.5. The van der Waals surface area contributed by atoms with Gasteiger partial charge in [-0.2, -0.15) is 0 Å². The van der Waals surface area contributed by atoms with E-state index in [1.54, 1.807) is 0 Å². The van der Waals surface area contributed by atoms with Crippen molar-refractivity contribution in [1.29, 1.82) is 0 Å². The lowest BCUT2D eigenvalue weighted by atomic mass is 10.1. The molecule has 0 aliphatic heterocycles. The van der Waals surface area contributed by atoms with E-state index in [1.165, 1.54) is 4.90 Å². The minimum atomic E-state index is -1.23. The summed E-state index contributed by atoms with van der Waals surface area (Å²) in [6.07, 6.45) is -1.23. The molecule has 1 atom stereocenters. The van der Waals surface area contributed by atoms with Crippen molar-refractivity contribution >= 4 is 46.2 Å². The van der Waals surface area contributed by atoms with Crippen LogP contribution in [-0.4, -0.2) is 70.1 Å². The molecule has 0 spiro atoms. The Morgan fingerprint density at radius 2 is 1.67 bits per heavy atom. The number of nitro benzene ring substituents is 2. The fourth-order valence-electron chi connectivity index (χ4n) is 2.23. The van der Waals surface area contributed by atoms with Gasteiger partial charge in [0.2, 0.25) is 0 Å². The Hall–Kier alpha value is -2.21. The van der Waals surface area contributed by atoms with Gasteiger partial charge in [-0.05, 0) is 0 Å². The number of halogens is 2. The van der Waals surface area contributed by atoms with Crippen LogP contribution in [0.3, 0.4) is 0 Å². The van der Waals surface area contributed by atoms with Gasteiger partial charge in [-0.1, -0.05) is 0 Å². The average Bonchev–Trinajstić information content (AvgIpc) is 2.64. The van der Waals surface area contributed by atoms with Crippen molar-refractivity contribution in [2.24, 2.45) is 0 Å². The summed E-state index contributed by atoms with van der Waals surface area (Å²) in [5.41, 5.74) is -1.80. The number of nitrogens with zero attached hydrogens (tertiary/aromatic N) is 3. The summed E-state index contributed by atoms with van der Waals surface area (Å²) in [5.74, 6) is -0.581. The number of amides is 1. The molecule has 1 rings (SSSR count). The van der Waals surface area contributed by atoms with E-state index in [2.05, 4.69) is 5.32 Å². The van der Waals surface area contributed by atoms with Gasteiger partial charge in [0, 0.05) is 43.5 Å². The smallest absolute Gasteiger partial charge is 0.348 e. The van der Waals surface area contributed by atoms with Crippen LogP contribution >= 0.6 is 23.2 Å². The number of aliphatic hydroxyl groups is 2. The predicted octanol–water partition coefficient (Wildman–Crippen LogP) is 0.870. The van der Waals surface area contributed by atoms with Gasteiger partial charge >= 0.3 is 11.4 Å². The molecule has 0 aliphatic rings. The van der Waals surface area contributed by atoms with E-state index in [0.717, 1.165) is 12.1 Å². The van der Waals surface area contributed by atoms with Crippen LogP contribution in [0.25, 0.3) is 0 Å². The first-order valence-electron chi connectivity index (χ1n) is 7.67. The summed E-state index contributed by atoms with van der Waals surface area (Å²) >= 11 is 11.5. The maximum absolute atomic E-state index is 12.5. The van der Waals surface area contributed by atoms with E-state index in [-0.39, 0.29) is 42.6 Å². The van der Waals surface area contributed by atoms with Crippen molar-refractivity contribution in [3.8, 4) is 0 Å². The highest BCUT2D eigenvalue weighted by Crippen LogP contribution is 2.35. The number of carbonyl (C=O) groups excluding carboxylic acids is 1. The molecule has 11 nitrogen and oxygen atoms in total. The van der Waals surface area contributed by atoms with Crippen molar-refractivity contribution in [3.05, 3.63) is 37.9 Å². The quantitative estimate of drug-likeness (QED) is 0.268. The molecule has 13 heteroatoms. The molecule has 0 heterocycles. The highest BCUT2D eigenvalue weighted by Gasteiger charge is 2.30. The highest BCUT2D eigenvalue weighted by molar-refractivity contribution is 6.18. The molecule has 150 valence electrons. The number of alkyl halides is 2. The molecule has 27 heavy (non-hydrogen) atoms. The molecule has 0 saturated carbocycles. The van der Waals surface area contributed by atoms with E-state index >= 15 is 0 Å². The second kappa shape index (κ2) is 10.8. The van der Waals surface area contributed by atoms with Crippen LogP contribution < -0.4 is 10.2 Å². The summed E-state index contributed by atoms with van der Waals surface area (Å²) in [4.78, 5) is 34.5. The van der Waals surface area contributed by atoms with Gasteiger partial charge in [0.25, 0.3) is 5.91 Å². The van der Waals surface area contributed by atoms with Gasteiger partial charge in [0.05, 0.1) is 33.8 Å². The Bertz CT molecular complexity index is 698. The molecule has 1 aromatic carbocycles. The van der Waals surface area contributed by atoms with Crippen molar-refractivity contribution in [2.45, 2.75) is 6.10 Å². The number of carbonyl (C=O) groups is 1. The molecule has 1 unspecified atom stereocenters. The Kier molecular flexibility index (Phi) is 9.15. The van der Waals surface area contributed by atoms with E-state index in [4.69, 9.17) is 28.3 Å². The van der Waals surface area contributed by atoms with Crippen LogP contribution in [0.2, 0.25) is 0 Å². The van der Waals surface area contributed by atoms with E-state index in [9.17, 15) is 30.1 Å². The number of hydrogen-bond acceptors (Lipinski definition) is 8. The number of nitrogens with one attached hydrogen (secondary N) is 1. The zero-order chi connectivity index (χ0) is 20.6. The van der Waals surface area contributed by atoms with Crippen LogP contribution in [0.4, 0.5) is 17.1 Å². The first-order valence-corrected chi connectivity index (χ1v) is 8.74. The number of hydrogen-bond donors (Lipinski definition) is 3. The van der Waals surface area contributed by atoms with E-state index < -0.39 is 39.8 Å². The van der Waals surface area contributed by atoms with Crippen LogP contribution in [0.1, 0.15) is 10.4 Å². The van der Waals surface area contributed by atoms with E-state index in [1.807, 2.05) is 0 Å². The number of aliphatic hydroxyl groups excluding tert-OH is 2. The molecule has 0 bridgehead atoms. The number of rotatable bonds is 11. The predicted molar refractivity (Wildman–Crippen MR) is 98.8 cm³/mol. The first-order chi connectivity index (χ1) is 12.8. The van der Waals surface area contributed by atoms with Crippen molar-refractivity contribution in [2.75, 3.05) is 42.9 Å². The maximum Gasteiger partial charge on any atom is 0.348 e. The second-order valence-corrected chi connectivity index (χ2v) is 6.04. The van der Waals surface area contributed by atoms with Gasteiger partial charge < -0.3 is 20.4 Å². The zero-order valence-electron chi connectivity index (χ0n) is 14.0. The number of anilines is 1. The molecule has 0 aliphatic carbocycles. The fraction of sp³-hybridized carbons (Fsp3) is 0.500. The van der Waals surface area contributed by atoms with Gasteiger partial charge in [-0.3, -0.25) is 25.0 Å². The van der Waals surface area contributed by atoms with Crippen LogP contribution in [-0.2, 0) is 0 Å². The third kappa shape index (κ3) is 6.17. The largest absolute Gasteiger partial charge is 0.394 e. The molecule has 1 amide bonds. The van der Waals surface area contributed by atoms with Crippen molar-refractivity contribution in [3.63, 3.8) is 0 Å². The van der Waals surface area contributed by atoms with Gasteiger partial charge in [0.15, 0.2) is 0 Å². The number of benzene rings is 1. The van der Waals surface area contributed by atoms with Crippen molar-refractivity contribution < 1.29 is 24.9 Å². The molecular formula is C14H18Cl2N4O7. The molecule has 0 aromatic heterocycles. The molecule has 0 fully saturated rings. The van der Waals surface area contributed by atoms with Crippen LogP contribution in [0, 0.1) is 20.2 Å². The van der Waals surface area contributed by atoms with Crippen molar-refractivity contribution in [1.82, 2.24) is 5.32 Å². The SMILES string of the molecule is O=C(NCC(O)CO)c1cc([N+](=O)[O-])c([N+](=O)[O-])cc1N(CCCl)CCCl. The standard InChI is InChI=1S/C14H18Cl2N4O7/c15-1-3-18(4-2-16)11-6-13(20(26)27)12(19(24)25)5-10(11)14(23)17-7-9(22)8-21/h5-6,9,21-22H,1-4,7-8H2,(H,17,23). The van der Waals surface area contributed by atoms with Crippen LogP contribution in [0.15, 0.2) is 12.1 Å². The molecule has 0 saturated heterocycles. The molecule has 0 radical (unpaired) electrons. The Labute approximate surface area is 163 Å². The lowest BCUT2D eigenvalue weighted by Gasteiger charge is -2.25. The number of nitro groups is 2. The third-order valence-corrected chi connectivity index (χ3v) is 3.83. The second-order valence-electron chi connectivity index (χ2n) is 5.28. The average molecular weight is 425 g/mol. The minimum absolute atomic E-state index is 0.0459. The lowest BCUT2D eigenvalue weighted by molar-refractivity contribution is -0.422. The Morgan fingerprint density at radius 3 is 2.11 bits per heavy atom. The zero-order valence-corrected chi connectivity index (χ0v) is 15.5. The Balaban J connectivity index is 3.49. The summed E-state index contributed by atoms with van der Waals surface area (Å²) in [6.45, 7) is -0.547. The highest BCUT2D eigenvalue weighted by atomic mass is 35.5. The Morgan fingerprint density at radius 1 is 1.15 bits per heavy atom. The summed E-state index contributed by atoms with van der Waals surface area (Å²) in [7, 11) is 0. The van der Waals surface area contributed by atoms with Gasteiger partial charge in [0.1, 0.15) is 0 Å². The minimum Gasteiger partial charge on any atom is -0.394 e. The fourth-order valence-corrected chi connectivity index (χ4v) is 2.64. The first kappa shape index (κ1) is 22.8. The van der Waals surface area contributed by atoms with Gasteiger partial charge in [-0.25, -0.2) is 0 Å². The molecule has 3 N–H and O–H groups in total. The normalized spacial score (nSPS) is 11.7. The van der Waals surface area contributed by atoms with Crippen LogP contribution in [0.5, 0.6) is 0 Å².